The summed E-state index contributed by atoms with van der Waals surface area (Å²) in [6, 6.07) is 19.8. The van der Waals surface area contributed by atoms with Gasteiger partial charge >= 0.3 is 0 Å². The van der Waals surface area contributed by atoms with Crippen molar-refractivity contribution in [2.45, 2.75) is 6.54 Å². The molecule has 2 aromatic carbocycles. The Morgan fingerprint density at radius 3 is 2.56 bits per heavy atom. The van der Waals surface area contributed by atoms with E-state index < -0.39 is 0 Å². The van der Waals surface area contributed by atoms with E-state index in [-0.39, 0.29) is 0 Å². The van der Waals surface area contributed by atoms with Gasteiger partial charge in [0.2, 0.25) is 0 Å². The molecule has 0 aromatic heterocycles. The molecule has 0 amide bonds. The van der Waals surface area contributed by atoms with Gasteiger partial charge in [-0.3, -0.25) is 0 Å². The predicted octanol–water partition coefficient (Wildman–Crippen LogP) is 3.22. The molecule has 1 nitrogen and oxygen atoms in total. The molecule has 0 aliphatic heterocycles. The van der Waals surface area contributed by atoms with E-state index in [1.807, 2.05) is 18.2 Å². The van der Waals surface area contributed by atoms with Crippen molar-refractivity contribution < 1.29 is 0 Å². The molecule has 16 heavy (non-hydrogen) atoms. The van der Waals surface area contributed by atoms with Gasteiger partial charge in [0.05, 0.1) is 0 Å². The molecule has 0 saturated heterocycles. The summed E-state index contributed by atoms with van der Waals surface area (Å²) in [6.07, 6.45) is 0. The molecular weight excluding hydrogens is 194 g/mol. The summed E-state index contributed by atoms with van der Waals surface area (Å²) in [5, 5.41) is 0. The second-order valence-electron chi connectivity index (χ2n) is 4.19. The topological polar surface area (TPSA) is 3.24 Å². The van der Waals surface area contributed by atoms with Crippen LogP contribution in [0.4, 0.5) is 0 Å². The lowest BCUT2D eigenvalue weighted by atomic mass is 9.99. The fourth-order valence-electron chi connectivity index (χ4n) is 1.84. The van der Waals surface area contributed by atoms with Crippen LogP contribution >= 0.6 is 0 Å². The Bertz CT molecular complexity index is 446. The lowest BCUT2D eigenvalue weighted by molar-refractivity contribution is 0.403. The fraction of sp³-hybridized carbons (Fsp3) is 0.200. The van der Waals surface area contributed by atoms with Crippen LogP contribution in [0, 0.1) is 6.07 Å². The first-order valence-electron chi connectivity index (χ1n) is 5.46. The van der Waals surface area contributed by atoms with Crippen molar-refractivity contribution in [2.75, 3.05) is 14.1 Å². The van der Waals surface area contributed by atoms with Gasteiger partial charge in [-0.2, -0.15) is 0 Å². The Balaban J connectivity index is 2.41. The highest BCUT2D eigenvalue weighted by molar-refractivity contribution is 5.66. The highest BCUT2D eigenvalue weighted by Gasteiger charge is 2.04. The van der Waals surface area contributed by atoms with E-state index >= 15 is 0 Å². The molecule has 1 heteroatoms. The maximum atomic E-state index is 3.13. The SMILES string of the molecule is CN(C)Cc1ccccc1-c1c[c]ccc1. The zero-order valence-electron chi connectivity index (χ0n) is 9.77. The van der Waals surface area contributed by atoms with Crippen LogP contribution < -0.4 is 0 Å². The second-order valence-corrected chi connectivity index (χ2v) is 4.19. The third-order valence-electron chi connectivity index (χ3n) is 2.52. The average Bonchev–Trinajstić information content (AvgIpc) is 2.30. The van der Waals surface area contributed by atoms with E-state index in [1.165, 1.54) is 16.7 Å². The monoisotopic (exact) mass is 210 g/mol. The van der Waals surface area contributed by atoms with Gasteiger partial charge in [-0.25, -0.2) is 0 Å². The maximum Gasteiger partial charge on any atom is 0.0233 e. The van der Waals surface area contributed by atoms with Gasteiger partial charge in [-0.1, -0.05) is 42.5 Å². The summed E-state index contributed by atoms with van der Waals surface area (Å²) in [4.78, 5) is 2.19. The molecule has 2 aromatic rings. The predicted molar refractivity (Wildman–Crippen MR) is 68.1 cm³/mol. The summed E-state index contributed by atoms with van der Waals surface area (Å²) < 4.78 is 0. The molecule has 0 N–H and O–H groups in total. The molecule has 0 fully saturated rings. The van der Waals surface area contributed by atoms with Crippen LogP contribution in [-0.2, 0) is 6.54 Å². The van der Waals surface area contributed by atoms with E-state index in [9.17, 15) is 0 Å². The Kier molecular flexibility index (Phi) is 3.37. The average molecular weight is 210 g/mol. The number of nitrogens with zero attached hydrogens (tertiary/aromatic N) is 1. The molecule has 0 aliphatic rings. The molecule has 0 bridgehead atoms. The first-order chi connectivity index (χ1) is 7.77. The molecule has 2 rings (SSSR count). The molecule has 0 heterocycles. The van der Waals surface area contributed by atoms with Crippen molar-refractivity contribution in [3.05, 3.63) is 60.2 Å². The summed E-state index contributed by atoms with van der Waals surface area (Å²) >= 11 is 0. The maximum absolute atomic E-state index is 3.13. The van der Waals surface area contributed by atoms with Crippen molar-refractivity contribution in [1.29, 1.82) is 0 Å². The van der Waals surface area contributed by atoms with Crippen molar-refractivity contribution in [3.8, 4) is 11.1 Å². The van der Waals surface area contributed by atoms with Crippen LogP contribution in [0.3, 0.4) is 0 Å². The largest absolute Gasteiger partial charge is 0.305 e. The number of hydrogen-bond donors (Lipinski definition) is 0. The van der Waals surface area contributed by atoms with Crippen LogP contribution in [0.25, 0.3) is 11.1 Å². The molecule has 0 unspecified atom stereocenters. The first-order valence-corrected chi connectivity index (χ1v) is 5.46. The summed E-state index contributed by atoms with van der Waals surface area (Å²) in [6.45, 7) is 0.963. The van der Waals surface area contributed by atoms with Crippen molar-refractivity contribution in [1.82, 2.24) is 4.90 Å². The minimum absolute atomic E-state index is 0.963. The van der Waals surface area contributed by atoms with Crippen LogP contribution in [0.15, 0.2) is 48.5 Å². The van der Waals surface area contributed by atoms with Crippen molar-refractivity contribution in [2.24, 2.45) is 0 Å². The van der Waals surface area contributed by atoms with Gasteiger partial charge in [0.15, 0.2) is 0 Å². The van der Waals surface area contributed by atoms with E-state index in [2.05, 4.69) is 55.4 Å². The summed E-state index contributed by atoms with van der Waals surface area (Å²) in [5.41, 5.74) is 3.89. The zero-order chi connectivity index (χ0) is 11.4. The quantitative estimate of drug-likeness (QED) is 0.752. The first kappa shape index (κ1) is 10.9. The lowest BCUT2D eigenvalue weighted by Gasteiger charge is -2.14. The molecular formula is C15H16N. The van der Waals surface area contributed by atoms with Gasteiger partial charge < -0.3 is 4.90 Å². The van der Waals surface area contributed by atoms with Crippen LogP contribution in [0.1, 0.15) is 5.56 Å². The molecule has 1 radical (unpaired) electrons. The summed E-state index contributed by atoms with van der Waals surface area (Å²) in [7, 11) is 4.18. The molecule has 0 saturated carbocycles. The second kappa shape index (κ2) is 4.95. The Morgan fingerprint density at radius 2 is 1.88 bits per heavy atom. The van der Waals surface area contributed by atoms with E-state index in [0.717, 1.165) is 6.54 Å². The minimum Gasteiger partial charge on any atom is -0.305 e. The van der Waals surface area contributed by atoms with Crippen LogP contribution in [-0.4, -0.2) is 19.0 Å². The Labute approximate surface area is 97.3 Å². The highest BCUT2D eigenvalue weighted by atomic mass is 15.0. The lowest BCUT2D eigenvalue weighted by Crippen LogP contribution is -2.11. The zero-order valence-corrected chi connectivity index (χ0v) is 9.77. The third kappa shape index (κ3) is 2.50. The number of hydrogen-bond acceptors (Lipinski definition) is 1. The normalized spacial score (nSPS) is 10.7. The van der Waals surface area contributed by atoms with Gasteiger partial charge in [0.1, 0.15) is 0 Å². The fourth-order valence-corrected chi connectivity index (χ4v) is 1.84. The Morgan fingerprint density at radius 1 is 1.06 bits per heavy atom. The van der Waals surface area contributed by atoms with Crippen molar-refractivity contribution in [3.63, 3.8) is 0 Å². The van der Waals surface area contributed by atoms with Gasteiger partial charge in [0, 0.05) is 6.54 Å². The van der Waals surface area contributed by atoms with Crippen LogP contribution in [0.5, 0.6) is 0 Å². The van der Waals surface area contributed by atoms with Gasteiger partial charge in [0.25, 0.3) is 0 Å². The van der Waals surface area contributed by atoms with E-state index in [0.29, 0.717) is 0 Å². The van der Waals surface area contributed by atoms with Gasteiger partial charge in [-0.05, 0) is 42.9 Å². The number of benzene rings is 2. The Hall–Kier alpha value is -1.60. The summed E-state index contributed by atoms with van der Waals surface area (Å²) in [5.74, 6) is 0. The van der Waals surface area contributed by atoms with E-state index in [4.69, 9.17) is 0 Å². The van der Waals surface area contributed by atoms with Crippen LogP contribution in [0.2, 0.25) is 0 Å². The number of rotatable bonds is 3. The molecule has 81 valence electrons. The smallest absolute Gasteiger partial charge is 0.0233 e. The van der Waals surface area contributed by atoms with Gasteiger partial charge in [-0.15, -0.1) is 0 Å². The van der Waals surface area contributed by atoms with Crippen molar-refractivity contribution >= 4 is 0 Å². The highest BCUT2D eigenvalue weighted by Crippen LogP contribution is 2.23. The van der Waals surface area contributed by atoms with E-state index in [1.54, 1.807) is 0 Å². The standard InChI is InChI=1S/C15H16N/c1-16(2)12-14-10-6-7-11-15(14)13-8-4-3-5-9-13/h3-4,6-11H,12H2,1-2H3. The molecule has 0 atom stereocenters. The third-order valence-corrected chi connectivity index (χ3v) is 2.52. The minimum atomic E-state index is 0.963. The molecule has 0 aliphatic carbocycles. The molecule has 0 spiro atoms.